The lowest BCUT2D eigenvalue weighted by atomic mass is 9.46. The molecule has 0 amide bonds. The quantitative estimate of drug-likeness (QED) is 0.397. The summed E-state index contributed by atoms with van der Waals surface area (Å²) in [5, 5.41) is 42.5. The topological polar surface area (TPSA) is 80.9 Å². The highest BCUT2D eigenvalue weighted by atomic mass is 16.3. The fourth-order valence-corrected chi connectivity index (χ4v) is 7.07. The summed E-state index contributed by atoms with van der Waals surface area (Å²) in [7, 11) is 0. The Labute approximate surface area is 150 Å². The van der Waals surface area contributed by atoms with Gasteiger partial charge in [-0.25, -0.2) is 0 Å². The van der Waals surface area contributed by atoms with E-state index in [2.05, 4.69) is 18.9 Å². The Kier molecular flexibility index (Phi) is 3.74. The van der Waals surface area contributed by atoms with Crippen molar-refractivity contribution in [2.75, 3.05) is 0 Å². The summed E-state index contributed by atoms with van der Waals surface area (Å²) < 4.78 is 0. The van der Waals surface area contributed by atoms with Crippen molar-refractivity contribution in [2.45, 2.75) is 76.3 Å². The van der Waals surface area contributed by atoms with Crippen molar-refractivity contribution in [1.29, 1.82) is 0 Å². The van der Waals surface area contributed by atoms with Gasteiger partial charge in [0, 0.05) is 5.41 Å². The van der Waals surface area contributed by atoms with Crippen molar-refractivity contribution >= 4 is 0 Å². The van der Waals surface area contributed by atoms with Crippen LogP contribution >= 0.6 is 0 Å². The first kappa shape index (κ1) is 17.5. The van der Waals surface area contributed by atoms with E-state index in [1.54, 1.807) is 0 Å². The van der Waals surface area contributed by atoms with Gasteiger partial charge in [0.15, 0.2) is 0 Å². The Morgan fingerprint density at radius 3 is 2.52 bits per heavy atom. The van der Waals surface area contributed by atoms with Crippen LogP contribution in [-0.4, -0.2) is 44.3 Å². The molecule has 3 saturated carbocycles. The first-order valence-electron chi connectivity index (χ1n) is 9.60. The minimum atomic E-state index is -1.14. The molecule has 25 heavy (non-hydrogen) atoms. The zero-order valence-electron chi connectivity index (χ0n) is 15.2. The number of rotatable bonds is 0. The SMILES string of the molecule is C#C[C@]1(O)CC[C@H]2[C@@H]3CC=C4C[C@H](O)[C@@H](O)C[C@]4(C)[C@H]3[C@@H](O)C[C@@]21C. The number of aliphatic hydroxyl groups is 4. The summed E-state index contributed by atoms with van der Waals surface area (Å²) in [4.78, 5) is 0. The lowest BCUT2D eigenvalue weighted by molar-refractivity contribution is -0.160. The van der Waals surface area contributed by atoms with Gasteiger partial charge in [-0.1, -0.05) is 31.4 Å². The van der Waals surface area contributed by atoms with Gasteiger partial charge in [-0.15, -0.1) is 6.42 Å². The van der Waals surface area contributed by atoms with E-state index in [9.17, 15) is 20.4 Å². The molecule has 4 rings (SSSR count). The van der Waals surface area contributed by atoms with Crippen molar-refractivity contribution < 1.29 is 20.4 Å². The molecule has 3 fully saturated rings. The van der Waals surface area contributed by atoms with Crippen LogP contribution in [0.4, 0.5) is 0 Å². The van der Waals surface area contributed by atoms with Gasteiger partial charge in [-0.05, 0) is 61.7 Å². The maximum Gasteiger partial charge on any atom is 0.130 e. The third-order valence-electron chi connectivity index (χ3n) is 8.46. The average molecular weight is 346 g/mol. The largest absolute Gasteiger partial charge is 0.393 e. The van der Waals surface area contributed by atoms with Crippen molar-refractivity contribution in [3.8, 4) is 12.3 Å². The van der Waals surface area contributed by atoms with Gasteiger partial charge in [-0.3, -0.25) is 0 Å². The van der Waals surface area contributed by atoms with E-state index in [0.717, 1.165) is 12.8 Å². The molecule has 0 aromatic carbocycles. The summed E-state index contributed by atoms with van der Waals surface area (Å²) in [6, 6.07) is 0. The minimum Gasteiger partial charge on any atom is -0.393 e. The van der Waals surface area contributed by atoms with Crippen LogP contribution in [0.3, 0.4) is 0 Å². The first-order chi connectivity index (χ1) is 11.7. The van der Waals surface area contributed by atoms with E-state index >= 15 is 0 Å². The number of hydrogen-bond donors (Lipinski definition) is 4. The molecule has 0 spiro atoms. The lowest BCUT2D eigenvalue weighted by Gasteiger charge is -2.60. The molecule has 4 heteroatoms. The molecule has 138 valence electrons. The van der Waals surface area contributed by atoms with Crippen LogP contribution in [-0.2, 0) is 0 Å². The molecule has 4 aliphatic rings. The molecule has 4 N–H and O–H groups in total. The summed E-state index contributed by atoms with van der Waals surface area (Å²) in [6.07, 6.45) is 9.72. The Bertz CT molecular complexity index is 651. The molecule has 0 aromatic heterocycles. The predicted molar refractivity (Wildman–Crippen MR) is 94.3 cm³/mol. The maximum atomic E-state index is 11.1. The van der Waals surface area contributed by atoms with Crippen LogP contribution in [0.2, 0.25) is 0 Å². The predicted octanol–water partition coefficient (Wildman–Crippen LogP) is 1.62. The maximum absolute atomic E-state index is 11.1. The van der Waals surface area contributed by atoms with Crippen molar-refractivity contribution in [3.05, 3.63) is 11.6 Å². The molecule has 4 nitrogen and oxygen atoms in total. The van der Waals surface area contributed by atoms with Crippen LogP contribution in [0.1, 0.15) is 52.4 Å². The molecule has 9 atom stereocenters. The van der Waals surface area contributed by atoms with Crippen molar-refractivity contribution in [1.82, 2.24) is 0 Å². The minimum absolute atomic E-state index is 0.0489. The van der Waals surface area contributed by atoms with Crippen LogP contribution in [0.5, 0.6) is 0 Å². The molecule has 4 aliphatic carbocycles. The van der Waals surface area contributed by atoms with Crippen molar-refractivity contribution in [2.24, 2.45) is 28.6 Å². The Morgan fingerprint density at radius 2 is 1.84 bits per heavy atom. The van der Waals surface area contributed by atoms with Gasteiger partial charge in [0.1, 0.15) is 5.60 Å². The highest BCUT2D eigenvalue weighted by Gasteiger charge is 2.66. The Morgan fingerprint density at radius 1 is 1.12 bits per heavy atom. The molecule has 0 bridgehead atoms. The third kappa shape index (κ3) is 2.10. The monoisotopic (exact) mass is 346 g/mol. The molecular weight excluding hydrogens is 316 g/mol. The normalized spacial score (nSPS) is 57.7. The van der Waals surface area contributed by atoms with Gasteiger partial charge in [0.2, 0.25) is 0 Å². The summed E-state index contributed by atoms with van der Waals surface area (Å²) >= 11 is 0. The van der Waals surface area contributed by atoms with Gasteiger partial charge in [-0.2, -0.15) is 0 Å². The number of fused-ring (bicyclic) bond motifs is 5. The van der Waals surface area contributed by atoms with Crippen molar-refractivity contribution in [3.63, 3.8) is 0 Å². The van der Waals surface area contributed by atoms with Crippen LogP contribution in [0, 0.1) is 40.9 Å². The van der Waals surface area contributed by atoms with Gasteiger partial charge >= 0.3 is 0 Å². The van der Waals surface area contributed by atoms with Gasteiger partial charge < -0.3 is 20.4 Å². The average Bonchev–Trinajstić information content (AvgIpc) is 2.80. The summed E-state index contributed by atoms with van der Waals surface area (Å²) in [6.45, 7) is 4.18. The fourth-order valence-electron chi connectivity index (χ4n) is 7.07. The second-order valence-electron chi connectivity index (χ2n) is 9.45. The number of allylic oxidation sites excluding steroid dienone is 1. The molecule has 0 saturated heterocycles. The molecule has 0 unspecified atom stereocenters. The molecule has 0 aliphatic heterocycles. The zero-order valence-corrected chi connectivity index (χ0v) is 15.2. The van der Waals surface area contributed by atoms with E-state index in [-0.39, 0.29) is 23.2 Å². The van der Waals surface area contributed by atoms with E-state index in [1.165, 1.54) is 5.57 Å². The summed E-state index contributed by atoms with van der Waals surface area (Å²) in [5.74, 6) is 3.21. The van der Waals surface area contributed by atoms with Gasteiger partial charge in [0.05, 0.1) is 18.3 Å². The van der Waals surface area contributed by atoms with Crippen LogP contribution in [0.15, 0.2) is 11.6 Å². The smallest absolute Gasteiger partial charge is 0.130 e. The standard InChI is InChI=1S/C21H30O4/c1-4-21(25)8-7-14-13-6-5-12-9-15(22)16(23)10-19(12,2)18(13)17(24)11-20(14,21)3/h1,5,13-18,22-25H,6-11H2,2-3H3/t13-,14-,15-,16-,17-,18+,19-,20-,21-/m0/s1. The highest BCUT2D eigenvalue weighted by Crippen LogP contribution is 2.66. The fraction of sp³-hybridized carbons (Fsp3) is 0.810. The van der Waals surface area contributed by atoms with Crippen LogP contribution in [0.25, 0.3) is 0 Å². The number of terminal acetylenes is 1. The third-order valence-corrected chi connectivity index (χ3v) is 8.46. The zero-order chi connectivity index (χ0) is 18.2. The van der Waals surface area contributed by atoms with E-state index < -0.39 is 29.3 Å². The second kappa shape index (κ2) is 5.33. The van der Waals surface area contributed by atoms with E-state index in [4.69, 9.17) is 6.42 Å². The van der Waals surface area contributed by atoms with Crippen LogP contribution < -0.4 is 0 Å². The second-order valence-corrected chi connectivity index (χ2v) is 9.45. The summed E-state index contributed by atoms with van der Waals surface area (Å²) in [5.41, 5.74) is -0.716. The number of aliphatic hydroxyl groups excluding tert-OH is 3. The Balaban J connectivity index is 1.75. The molecule has 0 radical (unpaired) electrons. The highest BCUT2D eigenvalue weighted by molar-refractivity contribution is 5.30. The first-order valence-corrected chi connectivity index (χ1v) is 9.60. The molecule has 0 aromatic rings. The molecule has 0 heterocycles. The van der Waals surface area contributed by atoms with E-state index in [0.29, 0.717) is 25.7 Å². The molecular formula is C21H30O4. The lowest BCUT2D eigenvalue weighted by Crippen LogP contribution is -2.60. The van der Waals surface area contributed by atoms with Gasteiger partial charge in [0.25, 0.3) is 0 Å². The van der Waals surface area contributed by atoms with E-state index in [1.807, 2.05) is 6.92 Å². The number of hydrogen-bond acceptors (Lipinski definition) is 4. The Hall–Kier alpha value is -0.860.